The molecule has 118 valence electrons. The Labute approximate surface area is 132 Å². The van der Waals surface area contributed by atoms with Gasteiger partial charge in [0, 0.05) is 5.69 Å². The molecular weight excluding hydrogens is 296 g/mol. The van der Waals surface area contributed by atoms with E-state index in [9.17, 15) is 4.79 Å². The van der Waals surface area contributed by atoms with Crippen LogP contribution >= 0.6 is 0 Å². The highest BCUT2D eigenvalue weighted by molar-refractivity contribution is 6.05. The Balaban J connectivity index is 2.07. The van der Waals surface area contributed by atoms with E-state index in [-0.39, 0.29) is 18.0 Å². The smallest absolute Gasteiger partial charge is 0.361 e. The Morgan fingerprint density at radius 2 is 2.09 bits per heavy atom. The predicted octanol–water partition coefficient (Wildman–Crippen LogP) is 3.10. The minimum atomic E-state index is -0.562. The molecule has 0 bridgehead atoms. The quantitative estimate of drug-likeness (QED) is 0.724. The molecule has 0 fully saturated rings. The average molecular weight is 312 g/mol. The third kappa shape index (κ3) is 2.85. The zero-order chi connectivity index (χ0) is 16.2. The van der Waals surface area contributed by atoms with Crippen molar-refractivity contribution >= 4 is 28.6 Å². The van der Waals surface area contributed by atoms with Gasteiger partial charge in [-0.15, -0.1) is 0 Å². The summed E-state index contributed by atoms with van der Waals surface area (Å²) >= 11 is 0. The molecule has 3 aromatic rings. The summed E-state index contributed by atoms with van der Waals surface area (Å²) in [5.74, 6) is -0.104. The highest BCUT2D eigenvalue weighted by atomic mass is 16.5. The topological polar surface area (TPSA) is 90.1 Å². The van der Waals surface area contributed by atoms with Crippen LogP contribution < -0.4 is 5.32 Å². The van der Waals surface area contributed by atoms with Gasteiger partial charge in [-0.05, 0) is 25.0 Å². The summed E-state index contributed by atoms with van der Waals surface area (Å²) in [5.41, 5.74) is 2.35. The Hall–Kier alpha value is -2.96. The monoisotopic (exact) mass is 312 g/mol. The molecule has 0 saturated heterocycles. The first-order valence-electron chi connectivity index (χ1n) is 7.37. The van der Waals surface area contributed by atoms with Crippen LogP contribution in [0.1, 0.15) is 29.9 Å². The van der Waals surface area contributed by atoms with Gasteiger partial charge in [0.25, 0.3) is 5.71 Å². The first kappa shape index (κ1) is 15.0. The molecule has 0 atom stereocenters. The second-order valence-corrected chi connectivity index (χ2v) is 4.79. The molecule has 2 heterocycles. The number of carbonyl (C=O) groups excluding carboxylic acids is 1. The number of esters is 1. The van der Waals surface area contributed by atoms with E-state index in [2.05, 4.69) is 27.4 Å². The van der Waals surface area contributed by atoms with Crippen molar-refractivity contribution in [3.05, 3.63) is 41.9 Å². The van der Waals surface area contributed by atoms with E-state index < -0.39 is 5.97 Å². The lowest BCUT2D eigenvalue weighted by molar-refractivity contribution is 0.0517. The van der Waals surface area contributed by atoms with Gasteiger partial charge in [-0.2, -0.15) is 4.98 Å². The van der Waals surface area contributed by atoms with Gasteiger partial charge in [0.1, 0.15) is 17.5 Å². The van der Waals surface area contributed by atoms with Gasteiger partial charge < -0.3 is 14.6 Å². The Bertz CT molecular complexity index is 844. The van der Waals surface area contributed by atoms with Gasteiger partial charge in [0.2, 0.25) is 5.69 Å². The third-order valence-corrected chi connectivity index (χ3v) is 3.39. The van der Waals surface area contributed by atoms with E-state index in [4.69, 9.17) is 9.26 Å². The van der Waals surface area contributed by atoms with Crippen molar-refractivity contribution in [3.8, 4) is 0 Å². The first-order valence-corrected chi connectivity index (χ1v) is 7.37. The zero-order valence-electron chi connectivity index (χ0n) is 12.9. The van der Waals surface area contributed by atoms with Crippen LogP contribution in [0.25, 0.3) is 11.1 Å². The zero-order valence-corrected chi connectivity index (χ0v) is 12.9. The van der Waals surface area contributed by atoms with E-state index in [1.54, 1.807) is 6.92 Å². The summed E-state index contributed by atoms with van der Waals surface area (Å²) < 4.78 is 10.1. The normalized spacial score (nSPS) is 10.7. The number of hydrogen-bond donors (Lipinski definition) is 1. The minimum absolute atomic E-state index is 0.0685. The molecule has 0 unspecified atom stereocenters. The number of hydrogen-bond acceptors (Lipinski definition) is 7. The number of aryl methyl sites for hydroxylation is 1. The van der Waals surface area contributed by atoms with Crippen LogP contribution in [0.5, 0.6) is 0 Å². The Morgan fingerprint density at radius 3 is 2.87 bits per heavy atom. The van der Waals surface area contributed by atoms with Gasteiger partial charge >= 0.3 is 5.97 Å². The summed E-state index contributed by atoms with van der Waals surface area (Å²) in [6.45, 7) is 4.05. The maximum atomic E-state index is 12.0. The average Bonchev–Trinajstić information content (AvgIpc) is 3.01. The number of carbonyl (C=O) groups is 1. The molecule has 0 amide bonds. The second-order valence-electron chi connectivity index (χ2n) is 4.79. The summed E-state index contributed by atoms with van der Waals surface area (Å²) in [5, 5.41) is 7.41. The van der Waals surface area contributed by atoms with Crippen molar-refractivity contribution in [2.24, 2.45) is 0 Å². The fourth-order valence-electron chi connectivity index (χ4n) is 2.30. The number of nitrogens with zero attached hydrogens (tertiary/aromatic N) is 3. The number of anilines is 2. The van der Waals surface area contributed by atoms with Gasteiger partial charge in [0.05, 0.1) is 6.61 Å². The van der Waals surface area contributed by atoms with Crippen molar-refractivity contribution in [2.75, 3.05) is 11.9 Å². The molecule has 1 N–H and O–H groups in total. The Morgan fingerprint density at radius 1 is 1.26 bits per heavy atom. The highest BCUT2D eigenvalue weighted by Crippen LogP contribution is 2.28. The summed E-state index contributed by atoms with van der Waals surface area (Å²) in [7, 11) is 0. The molecule has 7 heteroatoms. The molecule has 0 spiro atoms. The van der Waals surface area contributed by atoms with Crippen molar-refractivity contribution in [1.29, 1.82) is 0 Å². The summed E-state index contributed by atoms with van der Waals surface area (Å²) in [6.07, 6.45) is 2.23. The fraction of sp³-hybridized carbons (Fsp3) is 0.250. The first-order chi connectivity index (χ1) is 11.2. The number of fused-ring (bicyclic) bond motifs is 1. The predicted molar refractivity (Wildman–Crippen MR) is 84.7 cm³/mol. The molecule has 0 aliphatic heterocycles. The van der Waals surface area contributed by atoms with Crippen LogP contribution in [-0.4, -0.2) is 27.7 Å². The van der Waals surface area contributed by atoms with Crippen molar-refractivity contribution in [3.63, 3.8) is 0 Å². The van der Waals surface area contributed by atoms with Crippen LogP contribution in [0.15, 0.2) is 35.1 Å². The SMILES string of the molecule is CCOC(=O)c1noc2ncnc(Nc3ccccc3CC)c12. The van der Waals surface area contributed by atoms with E-state index in [0.29, 0.717) is 11.2 Å². The van der Waals surface area contributed by atoms with E-state index in [1.165, 1.54) is 6.33 Å². The van der Waals surface area contributed by atoms with Gasteiger partial charge in [-0.3, -0.25) is 0 Å². The van der Waals surface area contributed by atoms with Gasteiger partial charge in [-0.1, -0.05) is 30.3 Å². The van der Waals surface area contributed by atoms with Crippen LogP contribution in [0.4, 0.5) is 11.5 Å². The minimum Gasteiger partial charge on any atom is -0.461 e. The molecule has 0 radical (unpaired) electrons. The molecule has 7 nitrogen and oxygen atoms in total. The standard InChI is InChI=1S/C16H16N4O3/c1-3-10-7-5-6-8-11(10)19-14-12-13(16(21)22-4-2)20-23-15(12)18-9-17-14/h5-9H,3-4H2,1-2H3,(H,17,18,19). The van der Waals surface area contributed by atoms with Gasteiger partial charge in [0.15, 0.2) is 0 Å². The van der Waals surface area contributed by atoms with Crippen LogP contribution in [0.2, 0.25) is 0 Å². The van der Waals surface area contributed by atoms with Crippen molar-refractivity contribution in [2.45, 2.75) is 20.3 Å². The maximum Gasteiger partial charge on any atom is 0.361 e. The number of aromatic nitrogens is 3. The Kier molecular flexibility index (Phi) is 4.18. The number of nitrogens with one attached hydrogen (secondary N) is 1. The molecular formula is C16H16N4O3. The fourth-order valence-corrected chi connectivity index (χ4v) is 2.30. The van der Waals surface area contributed by atoms with Crippen LogP contribution in [0, 0.1) is 0 Å². The summed E-state index contributed by atoms with van der Waals surface area (Å²) in [6, 6.07) is 7.88. The molecule has 0 aliphatic carbocycles. The maximum absolute atomic E-state index is 12.0. The van der Waals surface area contributed by atoms with Crippen molar-refractivity contribution < 1.29 is 14.1 Å². The number of para-hydroxylation sites is 1. The lowest BCUT2D eigenvalue weighted by Gasteiger charge is -2.10. The third-order valence-electron chi connectivity index (χ3n) is 3.39. The van der Waals surface area contributed by atoms with E-state index in [1.807, 2.05) is 24.3 Å². The highest BCUT2D eigenvalue weighted by Gasteiger charge is 2.22. The summed E-state index contributed by atoms with van der Waals surface area (Å²) in [4.78, 5) is 20.2. The second kappa shape index (κ2) is 6.43. The molecule has 0 saturated carbocycles. The van der Waals surface area contributed by atoms with E-state index >= 15 is 0 Å². The molecule has 3 rings (SSSR count). The van der Waals surface area contributed by atoms with E-state index in [0.717, 1.165) is 17.7 Å². The largest absolute Gasteiger partial charge is 0.461 e. The van der Waals surface area contributed by atoms with Gasteiger partial charge in [-0.25, -0.2) is 9.78 Å². The molecule has 1 aromatic carbocycles. The van der Waals surface area contributed by atoms with Crippen molar-refractivity contribution in [1.82, 2.24) is 15.1 Å². The lowest BCUT2D eigenvalue weighted by Crippen LogP contribution is -2.07. The number of ether oxygens (including phenoxy) is 1. The molecule has 0 aliphatic rings. The number of rotatable bonds is 5. The van der Waals surface area contributed by atoms with Crippen LogP contribution in [0.3, 0.4) is 0 Å². The van der Waals surface area contributed by atoms with Crippen LogP contribution in [-0.2, 0) is 11.2 Å². The molecule has 2 aromatic heterocycles. The molecule has 23 heavy (non-hydrogen) atoms. The lowest BCUT2D eigenvalue weighted by atomic mass is 10.1. The number of benzene rings is 1.